The lowest BCUT2D eigenvalue weighted by molar-refractivity contribution is -0.138. The molecule has 3 N–H and O–H groups in total. The maximum atomic E-state index is 11.1. The highest BCUT2D eigenvalue weighted by Crippen LogP contribution is 2.29. The minimum absolute atomic E-state index is 0.106. The van der Waals surface area contributed by atoms with E-state index in [9.17, 15) is 4.79 Å². The zero-order chi connectivity index (χ0) is 13.9. The summed E-state index contributed by atoms with van der Waals surface area (Å²) in [5.74, 6) is -0.749. The van der Waals surface area contributed by atoms with E-state index in [1.807, 2.05) is 18.2 Å². The quantitative estimate of drug-likeness (QED) is 0.779. The van der Waals surface area contributed by atoms with Gasteiger partial charge in [-0.2, -0.15) is 0 Å². The van der Waals surface area contributed by atoms with Gasteiger partial charge < -0.3 is 15.7 Å². The Kier molecular flexibility index (Phi) is 3.89. The molecule has 108 valence electrons. The summed E-state index contributed by atoms with van der Waals surface area (Å²) >= 11 is 0. The molecule has 1 aromatic rings. The Morgan fingerprint density at radius 2 is 2.05 bits per heavy atom. The largest absolute Gasteiger partial charge is 0.481 e. The minimum Gasteiger partial charge on any atom is -0.481 e. The molecule has 1 fully saturated rings. The summed E-state index contributed by atoms with van der Waals surface area (Å²) in [5, 5.41) is 15.9. The molecule has 5 nitrogen and oxygen atoms in total. The Labute approximate surface area is 119 Å². The molecule has 3 rings (SSSR count). The lowest BCUT2D eigenvalue weighted by atomic mass is 9.99. The molecule has 2 heterocycles. The predicted molar refractivity (Wildman–Crippen MR) is 77.5 cm³/mol. The number of carboxylic acids is 1. The maximum absolute atomic E-state index is 11.1. The Morgan fingerprint density at radius 3 is 2.80 bits per heavy atom. The predicted octanol–water partition coefficient (Wildman–Crippen LogP) is 1.47. The van der Waals surface area contributed by atoms with Crippen LogP contribution in [0.5, 0.6) is 0 Å². The van der Waals surface area contributed by atoms with Crippen LogP contribution in [0.4, 0.5) is 5.69 Å². The van der Waals surface area contributed by atoms with E-state index < -0.39 is 5.97 Å². The molecule has 1 aromatic carbocycles. The number of hydrogen-bond donors (Lipinski definition) is 3. The van der Waals surface area contributed by atoms with Gasteiger partial charge >= 0.3 is 5.97 Å². The van der Waals surface area contributed by atoms with E-state index in [2.05, 4.69) is 21.6 Å². The van der Waals surface area contributed by atoms with E-state index in [1.165, 1.54) is 5.56 Å². The number of nitrogens with one attached hydrogen (secondary N) is 2. The van der Waals surface area contributed by atoms with Gasteiger partial charge in [-0.05, 0) is 37.6 Å². The van der Waals surface area contributed by atoms with Gasteiger partial charge in [0.15, 0.2) is 0 Å². The fourth-order valence-corrected chi connectivity index (χ4v) is 3.22. The van der Waals surface area contributed by atoms with Gasteiger partial charge in [0.05, 0.1) is 12.6 Å². The lowest BCUT2D eigenvalue weighted by Gasteiger charge is -2.43. The zero-order valence-electron chi connectivity index (χ0n) is 11.5. The Morgan fingerprint density at radius 1 is 1.30 bits per heavy atom. The zero-order valence-corrected chi connectivity index (χ0v) is 11.5. The van der Waals surface area contributed by atoms with Crippen LogP contribution in [0.3, 0.4) is 0 Å². The summed E-state index contributed by atoms with van der Waals surface area (Å²) in [5.41, 5.74) is 2.33. The van der Waals surface area contributed by atoms with Gasteiger partial charge in [0, 0.05) is 18.3 Å². The minimum atomic E-state index is -0.749. The summed E-state index contributed by atoms with van der Waals surface area (Å²) in [7, 11) is 0. The van der Waals surface area contributed by atoms with Crippen LogP contribution in [0.2, 0.25) is 0 Å². The number of rotatable bonds is 3. The number of aliphatic carboxylic acids is 1. The molecule has 5 heteroatoms. The molecule has 0 saturated carbocycles. The highest BCUT2D eigenvalue weighted by atomic mass is 16.4. The second-order valence-electron chi connectivity index (χ2n) is 5.57. The van der Waals surface area contributed by atoms with Gasteiger partial charge in [-0.3, -0.25) is 9.69 Å². The SMILES string of the molecule is O=C(O)CC1Nc2ccccc2CN1C1CCNCC1. The fraction of sp³-hybridized carbons (Fsp3) is 0.533. The summed E-state index contributed by atoms with van der Waals surface area (Å²) in [6.07, 6.45) is 2.20. The maximum Gasteiger partial charge on any atom is 0.306 e. The first-order valence-corrected chi connectivity index (χ1v) is 7.27. The van der Waals surface area contributed by atoms with Crippen molar-refractivity contribution in [3.63, 3.8) is 0 Å². The van der Waals surface area contributed by atoms with E-state index >= 15 is 0 Å². The average Bonchev–Trinajstić information content (AvgIpc) is 2.47. The molecule has 1 saturated heterocycles. The van der Waals surface area contributed by atoms with Gasteiger partial charge in [0.2, 0.25) is 0 Å². The summed E-state index contributed by atoms with van der Waals surface area (Å²) in [4.78, 5) is 13.5. The Hall–Kier alpha value is -1.59. The van der Waals surface area contributed by atoms with Crippen molar-refractivity contribution >= 4 is 11.7 Å². The van der Waals surface area contributed by atoms with Crippen LogP contribution < -0.4 is 10.6 Å². The number of fused-ring (bicyclic) bond motifs is 1. The van der Waals surface area contributed by atoms with Gasteiger partial charge in [0.25, 0.3) is 0 Å². The van der Waals surface area contributed by atoms with Crippen LogP contribution in [-0.4, -0.2) is 41.3 Å². The first-order chi connectivity index (χ1) is 9.74. The van der Waals surface area contributed by atoms with Crippen molar-refractivity contribution < 1.29 is 9.90 Å². The first kappa shape index (κ1) is 13.4. The Bertz CT molecular complexity index is 486. The number of carboxylic acid groups (broad SMARTS) is 1. The fourth-order valence-electron chi connectivity index (χ4n) is 3.22. The number of para-hydroxylation sites is 1. The smallest absolute Gasteiger partial charge is 0.306 e. The third kappa shape index (κ3) is 2.78. The molecule has 0 radical (unpaired) electrons. The number of nitrogens with zero attached hydrogens (tertiary/aromatic N) is 1. The molecule has 0 spiro atoms. The molecule has 2 aliphatic heterocycles. The van der Waals surface area contributed by atoms with Crippen LogP contribution in [0, 0.1) is 0 Å². The molecule has 2 aliphatic rings. The van der Waals surface area contributed by atoms with E-state index in [0.29, 0.717) is 6.04 Å². The number of anilines is 1. The van der Waals surface area contributed by atoms with Crippen LogP contribution in [0.25, 0.3) is 0 Å². The van der Waals surface area contributed by atoms with Crippen LogP contribution in [0.15, 0.2) is 24.3 Å². The second-order valence-corrected chi connectivity index (χ2v) is 5.57. The third-order valence-electron chi connectivity index (χ3n) is 4.24. The van der Waals surface area contributed by atoms with E-state index in [1.54, 1.807) is 0 Å². The van der Waals surface area contributed by atoms with E-state index in [4.69, 9.17) is 5.11 Å². The molecule has 0 bridgehead atoms. The molecule has 0 aliphatic carbocycles. The van der Waals surface area contributed by atoms with Gasteiger partial charge in [-0.25, -0.2) is 0 Å². The van der Waals surface area contributed by atoms with Crippen molar-refractivity contribution in [2.24, 2.45) is 0 Å². The molecular weight excluding hydrogens is 254 g/mol. The molecular formula is C15H21N3O2. The first-order valence-electron chi connectivity index (χ1n) is 7.27. The molecule has 0 aromatic heterocycles. The van der Waals surface area contributed by atoms with Crippen molar-refractivity contribution in [1.29, 1.82) is 0 Å². The summed E-state index contributed by atoms with van der Waals surface area (Å²) in [6.45, 7) is 2.87. The lowest BCUT2D eigenvalue weighted by Crippen LogP contribution is -2.53. The number of benzene rings is 1. The number of piperidine rings is 1. The third-order valence-corrected chi connectivity index (χ3v) is 4.24. The highest BCUT2D eigenvalue weighted by molar-refractivity contribution is 5.68. The van der Waals surface area contributed by atoms with Crippen LogP contribution in [0.1, 0.15) is 24.8 Å². The van der Waals surface area contributed by atoms with Crippen molar-refractivity contribution in [1.82, 2.24) is 10.2 Å². The van der Waals surface area contributed by atoms with Gasteiger partial charge in [-0.1, -0.05) is 18.2 Å². The normalized spacial score (nSPS) is 23.9. The van der Waals surface area contributed by atoms with Crippen molar-refractivity contribution in [2.75, 3.05) is 18.4 Å². The molecule has 0 amide bonds. The monoisotopic (exact) mass is 275 g/mol. The Balaban J connectivity index is 1.83. The number of hydrogen-bond acceptors (Lipinski definition) is 4. The topological polar surface area (TPSA) is 64.6 Å². The molecule has 1 atom stereocenters. The van der Waals surface area contributed by atoms with E-state index in [0.717, 1.165) is 38.2 Å². The highest BCUT2D eigenvalue weighted by Gasteiger charge is 2.32. The van der Waals surface area contributed by atoms with Gasteiger partial charge in [-0.15, -0.1) is 0 Å². The van der Waals surface area contributed by atoms with Crippen molar-refractivity contribution in [2.45, 2.75) is 38.0 Å². The van der Waals surface area contributed by atoms with Crippen molar-refractivity contribution in [3.05, 3.63) is 29.8 Å². The molecule has 20 heavy (non-hydrogen) atoms. The summed E-state index contributed by atoms with van der Waals surface area (Å²) in [6, 6.07) is 8.64. The summed E-state index contributed by atoms with van der Waals surface area (Å²) < 4.78 is 0. The number of carbonyl (C=O) groups is 1. The van der Waals surface area contributed by atoms with Gasteiger partial charge in [0.1, 0.15) is 0 Å². The second kappa shape index (κ2) is 5.81. The van der Waals surface area contributed by atoms with Crippen LogP contribution >= 0.6 is 0 Å². The average molecular weight is 275 g/mol. The standard InChI is InChI=1S/C15H21N3O2/c19-15(20)9-14-17-13-4-2-1-3-11(13)10-18(14)12-5-7-16-8-6-12/h1-4,12,14,16-17H,5-10H2,(H,19,20). The van der Waals surface area contributed by atoms with Crippen LogP contribution in [-0.2, 0) is 11.3 Å². The van der Waals surface area contributed by atoms with Crippen molar-refractivity contribution in [3.8, 4) is 0 Å². The molecule has 1 unspecified atom stereocenters. The van der Waals surface area contributed by atoms with E-state index in [-0.39, 0.29) is 12.6 Å².